The van der Waals surface area contributed by atoms with Gasteiger partial charge in [-0.1, -0.05) is 5.16 Å². The van der Waals surface area contributed by atoms with E-state index in [0.717, 1.165) is 18.8 Å². The standard InChI is InChI=1S/C13H14F2N4O2/c1-8-17-12(21-18-8)9-4-5-19(7-9)11-3-2-10(6-16-11)20-13(14)15/h2-3,6,9,13H,4-5,7H2,1H3. The van der Waals surface area contributed by atoms with Crippen LogP contribution < -0.4 is 9.64 Å². The van der Waals surface area contributed by atoms with Gasteiger partial charge in [-0.3, -0.25) is 0 Å². The molecule has 0 bridgehead atoms. The van der Waals surface area contributed by atoms with Crippen molar-refractivity contribution >= 4 is 5.82 Å². The van der Waals surface area contributed by atoms with Crippen molar-refractivity contribution in [3.8, 4) is 5.75 Å². The van der Waals surface area contributed by atoms with Gasteiger partial charge in [0.1, 0.15) is 11.6 Å². The van der Waals surface area contributed by atoms with Crippen LogP contribution in [0, 0.1) is 6.92 Å². The van der Waals surface area contributed by atoms with Gasteiger partial charge in [-0.05, 0) is 25.5 Å². The van der Waals surface area contributed by atoms with Crippen molar-refractivity contribution in [3.05, 3.63) is 30.0 Å². The number of rotatable bonds is 4. The molecule has 1 atom stereocenters. The Kier molecular flexibility index (Phi) is 3.68. The van der Waals surface area contributed by atoms with E-state index < -0.39 is 6.61 Å². The van der Waals surface area contributed by atoms with E-state index in [2.05, 4.69) is 24.8 Å². The van der Waals surface area contributed by atoms with Crippen molar-refractivity contribution in [2.45, 2.75) is 25.9 Å². The Labute approximate surface area is 119 Å². The summed E-state index contributed by atoms with van der Waals surface area (Å²) in [5.74, 6) is 2.19. The van der Waals surface area contributed by atoms with Gasteiger partial charge in [-0.2, -0.15) is 13.8 Å². The molecular formula is C13H14F2N4O2. The molecule has 0 amide bonds. The summed E-state index contributed by atoms with van der Waals surface area (Å²) in [7, 11) is 0. The lowest BCUT2D eigenvalue weighted by molar-refractivity contribution is -0.0500. The predicted octanol–water partition coefficient (Wildman–Crippen LogP) is 2.37. The monoisotopic (exact) mass is 296 g/mol. The Balaban J connectivity index is 1.65. The molecule has 0 spiro atoms. The average Bonchev–Trinajstić information content (AvgIpc) is 3.07. The summed E-state index contributed by atoms with van der Waals surface area (Å²) in [4.78, 5) is 10.4. The molecule has 1 unspecified atom stereocenters. The van der Waals surface area contributed by atoms with Crippen LogP contribution in [0.25, 0.3) is 0 Å². The third kappa shape index (κ3) is 3.09. The minimum Gasteiger partial charge on any atom is -0.433 e. The van der Waals surface area contributed by atoms with Crippen LogP contribution in [0.3, 0.4) is 0 Å². The molecule has 21 heavy (non-hydrogen) atoms. The van der Waals surface area contributed by atoms with Crippen LogP contribution in [0.2, 0.25) is 0 Å². The maximum absolute atomic E-state index is 12.1. The Morgan fingerprint density at radius 3 is 2.90 bits per heavy atom. The van der Waals surface area contributed by atoms with Crippen molar-refractivity contribution in [2.24, 2.45) is 0 Å². The van der Waals surface area contributed by atoms with Crippen molar-refractivity contribution < 1.29 is 18.0 Å². The summed E-state index contributed by atoms with van der Waals surface area (Å²) < 4.78 is 33.6. The van der Waals surface area contributed by atoms with Crippen LogP contribution in [0.5, 0.6) is 5.75 Å². The molecule has 0 aromatic carbocycles. The molecule has 1 aliphatic heterocycles. The van der Waals surface area contributed by atoms with E-state index in [-0.39, 0.29) is 11.7 Å². The molecule has 3 rings (SSSR count). The van der Waals surface area contributed by atoms with Crippen LogP contribution in [-0.2, 0) is 0 Å². The largest absolute Gasteiger partial charge is 0.433 e. The summed E-state index contributed by atoms with van der Waals surface area (Å²) >= 11 is 0. The van der Waals surface area contributed by atoms with Gasteiger partial charge >= 0.3 is 6.61 Å². The maximum atomic E-state index is 12.1. The number of ether oxygens (including phenoxy) is 1. The van der Waals surface area contributed by atoms with Crippen LogP contribution in [0.4, 0.5) is 14.6 Å². The Hall–Kier alpha value is -2.25. The number of halogens is 2. The summed E-state index contributed by atoms with van der Waals surface area (Å²) in [6.45, 7) is 0.454. The van der Waals surface area contributed by atoms with E-state index >= 15 is 0 Å². The fourth-order valence-corrected chi connectivity index (χ4v) is 2.38. The Morgan fingerprint density at radius 2 is 2.29 bits per heavy atom. The normalized spacial score (nSPS) is 18.5. The zero-order valence-electron chi connectivity index (χ0n) is 11.4. The first-order valence-corrected chi connectivity index (χ1v) is 6.58. The topological polar surface area (TPSA) is 64.3 Å². The van der Waals surface area contributed by atoms with Gasteiger partial charge in [0.25, 0.3) is 0 Å². The molecule has 2 aromatic heterocycles. The van der Waals surface area contributed by atoms with Crippen LogP contribution in [0.1, 0.15) is 24.1 Å². The highest BCUT2D eigenvalue weighted by molar-refractivity contribution is 5.42. The molecule has 1 aliphatic rings. The molecule has 0 aliphatic carbocycles. The third-order valence-corrected chi connectivity index (χ3v) is 3.35. The first-order chi connectivity index (χ1) is 10.1. The highest BCUT2D eigenvalue weighted by Crippen LogP contribution is 2.29. The molecule has 2 aromatic rings. The SMILES string of the molecule is Cc1noc(C2CCN(c3ccc(OC(F)F)cn3)C2)n1. The van der Waals surface area contributed by atoms with Crippen molar-refractivity contribution in [2.75, 3.05) is 18.0 Å². The highest BCUT2D eigenvalue weighted by Gasteiger charge is 2.28. The van der Waals surface area contributed by atoms with Crippen molar-refractivity contribution in [1.29, 1.82) is 0 Å². The second-order valence-corrected chi connectivity index (χ2v) is 4.84. The lowest BCUT2D eigenvalue weighted by atomic mass is 10.1. The molecule has 0 radical (unpaired) electrons. The minimum atomic E-state index is -2.84. The molecule has 112 valence electrons. The summed E-state index contributed by atoms with van der Waals surface area (Å²) in [5.41, 5.74) is 0. The molecule has 6 nitrogen and oxygen atoms in total. The number of nitrogens with zero attached hydrogens (tertiary/aromatic N) is 4. The van der Waals surface area contributed by atoms with Gasteiger partial charge in [0, 0.05) is 13.1 Å². The van der Waals surface area contributed by atoms with Crippen LogP contribution in [0.15, 0.2) is 22.9 Å². The number of anilines is 1. The molecule has 1 saturated heterocycles. The fourth-order valence-electron chi connectivity index (χ4n) is 2.38. The molecule has 8 heteroatoms. The first-order valence-electron chi connectivity index (χ1n) is 6.58. The van der Waals surface area contributed by atoms with Gasteiger partial charge in [0.2, 0.25) is 5.89 Å². The maximum Gasteiger partial charge on any atom is 0.387 e. The van der Waals surface area contributed by atoms with Crippen molar-refractivity contribution in [1.82, 2.24) is 15.1 Å². The zero-order valence-corrected chi connectivity index (χ0v) is 11.4. The number of hydrogen-bond acceptors (Lipinski definition) is 6. The van der Waals surface area contributed by atoms with E-state index in [1.807, 2.05) is 0 Å². The summed E-state index contributed by atoms with van der Waals surface area (Å²) in [5, 5.41) is 3.79. The molecule has 0 saturated carbocycles. The predicted molar refractivity (Wildman–Crippen MR) is 69.5 cm³/mol. The molecule has 1 fully saturated rings. The summed E-state index contributed by atoms with van der Waals surface area (Å²) in [6, 6.07) is 3.15. The average molecular weight is 296 g/mol. The fraction of sp³-hybridized carbons (Fsp3) is 0.462. The van der Waals surface area contributed by atoms with E-state index in [9.17, 15) is 8.78 Å². The van der Waals surface area contributed by atoms with E-state index in [1.54, 1.807) is 13.0 Å². The number of hydrogen-bond donors (Lipinski definition) is 0. The molecule has 3 heterocycles. The molecular weight excluding hydrogens is 282 g/mol. The Bertz CT molecular complexity index is 602. The van der Waals surface area contributed by atoms with Gasteiger partial charge < -0.3 is 14.2 Å². The second kappa shape index (κ2) is 5.63. The lowest BCUT2D eigenvalue weighted by Crippen LogP contribution is -2.20. The van der Waals surface area contributed by atoms with Crippen LogP contribution in [-0.4, -0.2) is 34.8 Å². The van der Waals surface area contributed by atoms with Gasteiger partial charge in [0.15, 0.2) is 5.82 Å². The summed E-state index contributed by atoms with van der Waals surface area (Å²) in [6.07, 6.45) is 2.18. The minimum absolute atomic E-state index is 0.0528. The highest BCUT2D eigenvalue weighted by atomic mass is 19.3. The first kappa shape index (κ1) is 13.7. The second-order valence-electron chi connectivity index (χ2n) is 4.84. The number of pyridine rings is 1. The van der Waals surface area contributed by atoms with E-state index in [0.29, 0.717) is 18.3 Å². The van der Waals surface area contributed by atoms with Gasteiger partial charge in [-0.15, -0.1) is 0 Å². The Morgan fingerprint density at radius 1 is 1.43 bits per heavy atom. The lowest BCUT2D eigenvalue weighted by Gasteiger charge is -2.17. The van der Waals surface area contributed by atoms with Gasteiger partial charge in [0.05, 0.1) is 12.1 Å². The van der Waals surface area contributed by atoms with E-state index in [4.69, 9.17) is 4.52 Å². The zero-order chi connectivity index (χ0) is 14.8. The number of aromatic nitrogens is 3. The quantitative estimate of drug-likeness (QED) is 0.863. The third-order valence-electron chi connectivity index (χ3n) is 3.35. The van der Waals surface area contributed by atoms with E-state index in [1.165, 1.54) is 12.3 Å². The smallest absolute Gasteiger partial charge is 0.387 e. The number of aryl methyl sites for hydroxylation is 1. The van der Waals surface area contributed by atoms with Crippen molar-refractivity contribution in [3.63, 3.8) is 0 Å². The van der Waals surface area contributed by atoms with Crippen LogP contribution >= 0.6 is 0 Å². The molecule has 0 N–H and O–H groups in total. The van der Waals surface area contributed by atoms with Gasteiger partial charge in [-0.25, -0.2) is 4.98 Å². The number of alkyl halides is 2.